The number of amidine groups is 1. The van der Waals surface area contributed by atoms with E-state index in [4.69, 9.17) is 17.3 Å². The number of carbonyl (C=O) groups excluding carboxylic acids is 1. The molecule has 7 heteroatoms. The summed E-state index contributed by atoms with van der Waals surface area (Å²) >= 11 is 5.91. The summed E-state index contributed by atoms with van der Waals surface area (Å²) in [5, 5.41) is 11.8. The van der Waals surface area contributed by atoms with Crippen molar-refractivity contribution in [2.45, 2.75) is 19.5 Å². The molecule has 0 spiro atoms. The van der Waals surface area contributed by atoms with Gasteiger partial charge in [-0.3, -0.25) is 9.79 Å². The van der Waals surface area contributed by atoms with Crippen LogP contribution < -0.4 is 11.1 Å². The zero-order valence-electron chi connectivity index (χ0n) is 16.5. The summed E-state index contributed by atoms with van der Waals surface area (Å²) in [4.78, 5) is 17.2. The fourth-order valence-electron chi connectivity index (χ4n) is 2.57. The highest BCUT2D eigenvalue weighted by molar-refractivity contribution is 6.30. The normalized spacial score (nSPS) is 12.7. The summed E-state index contributed by atoms with van der Waals surface area (Å²) < 4.78 is 0. The molecule has 0 aliphatic heterocycles. The van der Waals surface area contributed by atoms with Crippen LogP contribution in [0.25, 0.3) is 0 Å². The topological polar surface area (TPSA) is 92.2 Å². The fraction of sp³-hybridized carbons (Fsp3) is 0.130. The molecular weight excluding hydrogens is 398 g/mol. The van der Waals surface area contributed by atoms with Gasteiger partial charge >= 0.3 is 0 Å². The van der Waals surface area contributed by atoms with Crippen molar-refractivity contribution >= 4 is 34.7 Å². The first kappa shape index (κ1) is 21.2. The zero-order valence-corrected chi connectivity index (χ0v) is 17.3. The van der Waals surface area contributed by atoms with E-state index in [0.29, 0.717) is 22.9 Å². The number of azo groups is 1. The number of aliphatic imine (C=N–C) groups is 1. The van der Waals surface area contributed by atoms with E-state index in [0.717, 1.165) is 11.1 Å². The molecule has 1 unspecified atom stereocenters. The highest BCUT2D eigenvalue weighted by atomic mass is 35.5. The largest absolute Gasteiger partial charge is 0.385 e. The first-order valence-electron chi connectivity index (χ1n) is 9.39. The molecule has 0 aliphatic rings. The summed E-state index contributed by atoms with van der Waals surface area (Å²) in [6.45, 7) is 2.29. The Hall–Kier alpha value is -3.51. The number of nitrogens with one attached hydrogen (secondary N) is 1. The lowest BCUT2D eigenvalue weighted by Gasteiger charge is -2.12. The summed E-state index contributed by atoms with van der Waals surface area (Å²) in [6.07, 6.45) is 0. The van der Waals surface area contributed by atoms with Crippen molar-refractivity contribution in [1.82, 2.24) is 0 Å². The molecule has 3 aromatic rings. The second-order valence-electron chi connectivity index (χ2n) is 6.68. The van der Waals surface area contributed by atoms with E-state index in [1.807, 2.05) is 61.5 Å². The minimum Gasteiger partial charge on any atom is -0.385 e. The smallest absolute Gasteiger partial charge is 0.258 e. The second-order valence-corrected chi connectivity index (χ2v) is 7.11. The van der Waals surface area contributed by atoms with Crippen molar-refractivity contribution in [3.8, 4) is 0 Å². The van der Waals surface area contributed by atoms with Gasteiger partial charge in [0.1, 0.15) is 5.84 Å². The van der Waals surface area contributed by atoms with E-state index < -0.39 is 11.9 Å². The molecule has 30 heavy (non-hydrogen) atoms. The molecular formula is C23H22ClN5O. The van der Waals surface area contributed by atoms with Crippen LogP contribution in [0.5, 0.6) is 0 Å². The molecule has 0 aromatic heterocycles. The number of halogens is 1. The molecule has 0 fully saturated rings. The number of hydrogen-bond acceptors (Lipinski definition) is 4. The summed E-state index contributed by atoms with van der Waals surface area (Å²) in [6, 6.07) is 22.8. The molecule has 3 rings (SSSR count). The highest BCUT2D eigenvalue weighted by Gasteiger charge is 2.22. The fourth-order valence-corrected chi connectivity index (χ4v) is 2.70. The number of aryl methyl sites for hydroxylation is 1. The minimum atomic E-state index is -1.06. The van der Waals surface area contributed by atoms with Gasteiger partial charge in [-0.25, -0.2) is 0 Å². The number of benzene rings is 3. The predicted molar refractivity (Wildman–Crippen MR) is 121 cm³/mol. The molecule has 1 amide bonds. The minimum absolute atomic E-state index is 0.0780. The Morgan fingerprint density at radius 2 is 1.67 bits per heavy atom. The molecule has 0 saturated carbocycles. The van der Waals surface area contributed by atoms with Gasteiger partial charge in [-0.1, -0.05) is 59.6 Å². The Morgan fingerprint density at radius 1 is 1.00 bits per heavy atom. The van der Waals surface area contributed by atoms with E-state index in [1.54, 1.807) is 24.3 Å². The van der Waals surface area contributed by atoms with Crippen LogP contribution in [0.3, 0.4) is 0 Å². The number of anilines is 1. The number of rotatable bonds is 7. The number of nitrogens with zero attached hydrogens (tertiary/aromatic N) is 3. The Bertz CT molecular complexity index is 1030. The quantitative estimate of drug-likeness (QED) is 0.309. The van der Waals surface area contributed by atoms with Gasteiger partial charge in [-0.05, 0) is 48.9 Å². The van der Waals surface area contributed by atoms with Gasteiger partial charge in [0, 0.05) is 10.7 Å². The van der Waals surface area contributed by atoms with Gasteiger partial charge in [0.25, 0.3) is 5.91 Å². The monoisotopic (exact) mass is 419 g/mol. The summed E-state index contributed by atoms with van der Waals surface area (Å²) in [5.74, 6) is -0.330. The molecule has 3 N–H and O–H groups in total. The predicted octanol–water partition coefficient (Wildman–Crippen LogP) is 5.30. The van der Waals surface area contributed by atoms with Gasteiger partial charge < -0.3 is 11.1 Å². The maximum absolute atomic E-state index is 12.8. The van der Waals surface area contributed by atoms with Gasteiger partial charge in [0.2, 0.25) is 6.04 Å². The van der Waals surface area contributed by atoms with E-state index in [9.17, 15) is 4.79 Å². The van der Waals surface area contributed by atoms with E-state index in [1.165, 1.54) is 0 Å². The number of carbonyl (C=O) groups is 1. The van der Waals surface area contributed by atoms with Crippen molar-refractivity contribution in [3.63, 3.8) is 0 Å². The third-order valence-corrected chi connectivity index (χ3v) is 4.50. The average molecular weight is 420 g/mol. The van der Waals surface area contributed by atoms with Gasteiger partial charge in [-0.2, -0.15) is 10.2 Å². The number of amides is 1. The molecule has 0 bridgehead atoms. The first-order chi connectivity index (χ1) is 14.5. The first-order valence-corrected chi connectivity index (χ1v) is 9.77. The maximum Gasteiger partial charge on any atom is 0.258 e. The van der Waals surface area contributed by atoms with Crippen LogP contribution in [0.4, 0.5) is 11.4 Å². The molecule has 152 valence electrons. The van der Waals surface area contributed by atoms with Crippen molar-refractivity contribution in [2.75, 3.05) is 5.32 Å². The molecule has 0 heterocycles. The second kappa shape index (κ2) is 10.3. The lowest BCUT2D eigenvalue weighted by Crippen LogP contribution is -2.38. The third kappa shape index (κ3) is 6.25. The lowest BCUT2D eigenvalue weighted by atomic mass is 10.2. The van der Waals surface area contributed by atoms with Crippen LogP contribution in [0.1, 0.15) is 11.1 Å². The summed E-state index contributed by atoms with van der Waals surface area (Å²) in [7, 11) is 0. The molecule has 0 radical (unpaired) electrons. The third-order valence-electron chi connectivity index (χ3n) is 4.25. The van der Waals surface area contributed by atoms with Crippen molar-refractivity contribution in [3.05, 3.63) is 95.0 Å². The van der Waals surface area contributed by atoms with Crippen LogP contribution >= 0.6 is 11.6 Å². The Labute approximate surface area is 180 Å². The SMILES string of the molecule is Cc1ccc(/N=N/C(C(=O)Nc2ccccc2)/C(N)=N/Cc2ccc(Cl)cc2)cc1. The highest BCUT2D eigenvalue weighted by Crippen LogP contribution is 2.15. The lowest BCUT2D eigenvalue weighted by molar-refractivity contribution is -0.116. The Kier molecular flexibility index (Phi) is 7.29. The van der Waals surface area contributed by atoms with E-state index in [-0.39, 0.29) is 5.84 Å². The summed E-state index contributed by atoms with van der Waals surface area (Å²) in [5.41, 5.74) is 9.44. The molecule has 0 saturated heterocycles. The number of nitrogens with two attached hydrogens (primary N) is 1. The number of hydrogen-bond donors (Lipinski definition) is 2. The standard InChI is InChI=1S/C23H22ClN5O/c1-16-7-13-20(14-8-16)28-29-21(23(30)27-19-5-3-2-4-6-19)22(25)26-15-17-9-11-18(24)12-10-17/h2-14,21H,15H2,1H3,(H2,25,26)(H,27,30)/b29-28+. The van der Waals surface area contributed by atoms with Crippen LogP contribution in [0.2, 0.25) is 5.02 Å². The van der Waals surface area contributed by atoms with Crippen molar-refractivity contribution < 1.29 is 4.79 Å². The van der Waals surface area contributed by atoms with Crippen LogP contribution in [0, 0.1) is 6.92 Å². The van der Waals surface area contributed by atoms with Gasteiger partial charge in [0.05, 0.1) is 12.2 Å². The van der Waals surface area contributed by atoms with Crippen LogP contribution in [-0.2, 0) is 11.3 Å². The van der Waals surface area contributed by atoms with Crippen molar-refractivity contribution in [1.29, 1.82) is 0 Å². The molecule has 1 atom stereocenters. The van der Waals surface area contributed by atoms with E-state index >= 15 is 0 Å². The van der Waals surface area contributed by atoms with Crippen LogP contribution in [0.15, 0.2) is 94.1 Å². The van der Waals surface area contributed by atoms with E-state index in [2.05, 4.69) is 20.5 Å². The molecule has 3 aromatic carbocycles. The number of para-hydroxylation sites is 1. The molecule has 0 aliphatic carbocycles. The van der Waals surface area contributed by atoms with Crippen molar-refractivity contribution in [2.24, 2.45) is 21.0 Å². The maximum atomic E-state index is 12.8. The average Bonchev–Trinajstić information content (AvgIpc) is 2.75. The van der Waals surface area contributed by atoms with Gasteiger partial charge in [0.15, 0.2) is 0 Å². The Balaban J connectivity index is 1.81. The van der Waals surface area contributed by atoms with Crippen LogP contribution in [-0.4, -0.2) is 17.8 Å². The van der Waals surface area contributed by atoms with Gasteiger partial charge in [-0.15, -0.1) is 0 Å². The zero-order chi connectivity index (χ0) is 21.3. The molecule has 6 nitrogen and oxygen atoms in total. The Morgan fingerprint density at radius 3 is 2.33 bits per heavy atom.